The molecule has 1 unspecified atom stereocenters. The summed E-state index contributed by atoms with van der Waals surface area (Å²) in [7, 11) is 0. The molecule has 0 aromatic heterocycles. The van der Waals surface area contributed by atoms with Gasteiger partial charge in [-0.05, 0) is 25.3 Å². The van der Waals surface area contributed by atoms with Crippen LogP contribution >= 0.6 is 0 Å². The van der Waals surface area contributed by atoms with Crippen molar-refractivity contribution in [3.63, 3.8) is 0 Å². The van der Waals surface area contributed by atoms with E-state index in [0.717, 1.165) is 19.4 Å². The van der Waals surface area contributed by atoms with E-state index in [1.165, 1.54) is 0 Å². The number of hydrogen-bond acceptors (Lipinski definition) is 3. The van der Waals surface area contributed by atoms with Crippen LogP contribution in [0.15, 0.2) is 0 Å². The summed E-state index contributed by atoms with van der Waals surface area (Å²) in [6, 6.07) is 0. The zero-order valence-corrected chi connectivity index (χ0v) is 7.70. The molecule has 12 heavy (non-hydrogen) atoms. The third-order valence-electron chi connectivity index (χ3n) is 2.45. The topological polar surface area (TPSA) is 55.5 Å². The highest BCUT2D eigenvalue weighted by atomic mass is 16.5. The van der Waals surface area contributed by atoms with Gasteiger partial charge in [-0.2, -0.15) is 0 Å². The van der Waals surface area contributed by atoms with Gasteiger partial charge in [0.1, 0.15) is 0 Å². The van der Waals surface area contributed by atoms with Crippen LogP contribution in [0.1, 0.15) is 19.8 Å². The Morgan fingerprint density at radius 2 is 2.25 bits per heavy atom. The smallest absolute Gasteiger partial charge is 0.0581 e. The minimum atomic E-state index is 0.215. The second kappa shape index (κ2) is 4.80. The van der Waals surface area contributed by atoms with E-state index < -0.39 is 0 Å². The number of hydrogen-bond donors (Lipinski definition) is 2. The maximum absolute atomic E-state index is 8.74. The van der Waals surface area contributed by atoms with Gasteiger partial charge in [0.25, 0.3) is 0 Å². The predicted molar refractivity (Wildman–Crippen MR) is 47.8 cm³/mol. The highest BCUT2D eigenvalue weighted by molar-refractivity contribution is 4.80. The SMILES string of the molecule is CC(CO)COC1CC(CN)C1. The summed E-state index contributed by atoms with van der Waals surface area (Å²) in [6.07, 6.45) is 2.62. The Morgan fingerprint density at radius 3 is 2.75 bits per heavy atom. The second-order valence-corrected chi connectivity index (χ2v) is 3.82. The first kappa shape index (κ1) is 9.96. The van der Waals surface area contributed by atoms with Gasteiger partial charge in [-0.15, -0.1) is 0 Å². The van der Waals surface area contributed by atoms with E-state index in [2.05, 4.69) is 0 Å². The van der Waals surface area contributed by atoms with E-state index in [1.807, 2.05) is 6.92 Å². The van der Waals surface area contributed by atoms with Crippen LogP contribution in [0.5, 0.6) is 0 Å². The van der Waals surface area contributed by atoms with Crippen LogP contribution in [0.4, 0.5) is 0 Å². The molecule has 0 radical (unpaired) electrons. The van der Waals surface area contributed by atoms with E-state index in [9.17, 15) is 0 Å². The first-order chi connectivity index (χ1) is 5.76. The van der Waals surface area contributed by atoms with Gasteiger partial charge >= 0.3 is 0 Å². The standard InChI is InChI=1S/C9H19NO2/c1-7(5-11)6-12-9-2-8(3-9)4-10/h7-9,11H,2-6,10H2,1H3. The van der Waals surface area contributed by atoms with Crippen molar-refractivity contribution in [3.8, 4) is 0 Å². The summed E-state index contributed by atoms with van der Waals surface area (Å²) in [4.78, 5) is 0. The molecule has 0 aliphatic heterocycles. The molecular formula is C9H19NO2. The van der Waals surface area contributed by atoms with Crippen LogP contribution in [-0.4, -0.2) is 31.0 Å². The first-order valence-electron chi connectivity index (χ1n) is 4.68. The highest BCUT2D eigenvalue weighted by Gasteiger charge is 2.28. The number of nitrogens with two attached hydrogens (primary N) is 1. The van der Waals surface area contributed by atoms with Crippen LogP contribution in [0, 0.1) is 11.8 Å². The Morgan fingerprint density at radius 1 is 1.58 bits per heavy atom. The summed E-state index contributed by atoms with van der Waals surface area (Å²) >= 11 is 0. The van der Waals surface area contributed by atoms with Crippen molar-refractivity contribution in [2.45, 2.75) is 25.9 Å². The lowest BCUT2D eigenvalue weighted by molar-refractivity contribution is -0.0461. The minimum absolute atomic E-state index is 0.215. The second-order valence-electron chi connectivity index (χ2n) is 3.82. The molecule has 1 aliphatic rings. The largest absolute Gasteiger partial charge is 0.396 e. The lowest BCUT2D eigenvalue weighted by Gasteiger charge is -2.34. The Balaban J connectivity index is 1.96. The average Bonchev–Trinajstić information content (AvgIpc) is 2.01. The molecule has 0 bridgehead atoms. The number of aliphatic hydroxyl groups excluding tert-OH is 1. The van der Waals surface area contributed by atoms with Crippen LogP contribution in [0.25, 0.3) is 0 Å². The molecule has 1 saturated carbocycles. The fourth-order valence-electron chi connectivity index (χ4n) is 1.36. The molecule has 0 aromatic rings. The van der Waals surface area contributed by atoms with Gasteiger partial charge in [0.05, 0.1) is 12.7 Å². The van der Waals surface area contributed by atoms with Gasteiger partial charge in [0, 0.05) is 12.5 Å². The van der Waals surface area contributed by atoms with Crippen molar-refractivity contribution < 1.29 is 9.84 Å². The summed E-state index contributed by atoms with van der Waals surface area (Å²) in [5.41, 5.74) is 5.48. The van der Waals surface area contributed by atoms with Crippen molar-refractivity contribution in [1.29, 1.82) is 0 Å². The van der Waals surface area contributed by atoms with Gasteiger partial charge in [-0.25, -0.2) is 0 Å². The normalized spacial score (nSPS) is 31.2. The number of aliphatic hydroxyl groups is 1. The molecule has 0 spiro atoms. The Labute approximate surface area is 73.9 Å². The van der Waals surface area contributed by atoms with E-state index in [0.29, 0.717) is 18.6 Å². The maximum atomic E-state index is 8.74. The monoisotopic (exact) mass is 173 g/mol. The van der Waals surface area contributed by atoms with Gasteiger partial charge in [-0.3, -0.25) is 0 Å². The molecule has 1 rings (SSSR count). The highest BCUT2D eigenvalue weighted by Crippen LogP contribution is 2.29. The summed E-state index contributed by atoms with van der Waals surface area (Å²) in [5.74, 6) is 0.946. The van der Waals surface area contributed by atoms with Crippen molar-refractivity contribution >= 4 is 0 Å². The van der Waals surface area contributed by atoms with Crippen molar-refractivity contribution in [1.82, 2.24) is 0 Å². The van der Waals surface area contributed by atoms with Crippen molar-refractivity contribution in [2.75, 3.05) is 19.8 Å². The van der Waals surface area contributed by atoms with Crippen LogP contribution in [0.2, 0.25) is 0 Å². The van der Waals surface area contributed by atoms with Crippen molar-refractivity contribution in [3.05, 3.63) is 0 Å². The molecule has 0 heterocycles. The number of rotatable bonds is 5. The Hall–Kier alpha value is -0.120. The van der Waals surface area contributed by atoms with Gasteiger partial charge < -0.3 is 15.6 Å². The quantitative estimate of drug-likeness (QED) is 0.631. The first-order valence-corrected chi connectivity index (χ1v) is 4.68. The molecule has 0 saturated heterocycles. The zero-order valence-electron chi connectivity index (χ0n) is 7.70. The third kappa shape index (κ3) is 2.73. The Kier molecular flexibility index (Phi) is 3.98. The fraction of sp³-hybridized carbons (Fsp3) is 1.00. The average molecular weight is 173 g/mol. The van der Waals surface area contributed by atoms with Gasteiger partial charge in [0.15, 0.2) is 0 Å². The predicted octanol–water partition coefficient (Wildman–Crippen LogP) is 0.369. The summed E-state index contributed by atoms with van der Waals surface area (Å²) in [5, 5.41) is 8.74. The zero-order chi connectivity index (χ0) is 8.97. The molecule has 72 valence electrons. The maximum Gasteiger partial charge on any atom is 0.0581 e. The lowest BCUT2D eigenvalue weighted by Crippen LogP contribution is -2.36. The fourth-order valence-corrected chi connectivity index (χ4v) is 1.36. The molecule has 1 aliphatic carbocycles. The van der Waals surface area contributed by atoms with Gasteiger partial charge in [-0.1, -0.05) is 6.92 Å². The van der Waals surface area contributed by atoms with Gasteiger partial charge in [0.2, 0.25) is 0 Å². The van der Waals surface area contributed by atoms with E-state index in [1.54, 1.807) is 0 Å². The molecular weight excluding hydrogens is 154 g/mol. The van der Waals surface area contributed by atoms with Crippen LogP contribution < -0.4 is 5.73 Å². The molecule has 3 heteroatoms. The van der Waals surface area contributed by atoms with Crippen molar-refractivity contribution in [2.24, 2.45) is 17.6 Å². The van der Waals surface area contributed by atoms with E-state index in [4.69, 9.17) is 15.6 Å². The molecule has 1 fully saturated rings. The molecule has 3 N–H and O–H groups in total. The van der Waals surface area contributed by atoms with Crippen LogP contribution in [0.3, 0.4) is 0 Å². The van der Waals surface area contributed by atoms with Crippen LogP contribution in [-0.2, 0) is 4.74 Å². The third-order valence-corrected chi connectivity index (χ3v) is 2.45. The molecule has 1 atom stereocenters. The minimum Gasteiger partial charge on any atom is -0.396 e. The Bertz CT molecular complexity index is 124. The summed E-state index contributed by atoms with van der Waals surface area (Å²) in [6.45, 7) is 3.67. The van der Waals surface area contributed by atoms with E-state index >= 15 is 0 Å². The number of ether oxygens (including phenoxy) is 1. The van der Waals surface area contributed by atoms with E-state index in [-0.39, 0.29) is 12.5 Å². The molecule has 0 aromatic carbocycles. The molecule has 3 nitrogen and oxygen atoms in total. The summed E-state index contributed by atoms with van der Waals surface area (Å²) < 4.78 is 5.55. The molecule has 0 amide bonds. The lowest BCUT2D eigenvalue weighted by atomic mass is 9.82.